The highest BCUT2D eigenvalue weighted by atomic mass is 79.9. The lowest BCUT2D eigenvalue weighted by atomic mass is 10.1. The van der Waals surface area contributed by atoms with E-state index in [0.29, 0.717) is 6.04 Å². The van der Waals surface area contributed by atoms with Gasteiger partial charge in [0.15, 0.2) is 0 Å². The predicted octanol–water partition coefficient (Wildman–Crippen LogP) is 3.39. The molecule has 0 spiro atoms. The molecule has 0 radical (unpaired) electrons. The monoisotopic (exact) mass is 268 g/mol. The molecule has 0 N–H and O–H groups in total. The molecule has 1 fully saturated rings. The fraction of sp³-hybridized carbons (Fsp3) is 0.583. The Balaban J connectivity index is 2.20. The Morgan fingerprint density at radius 1 is 1.53 bits per heavy atom. The van der Waals surface area contributed by atoms with E-state index in [1.165, 1.54) is 18.4 Å². The molecule has 1 aliphatic carbocycles. The molecule has 0 bridgehead atoms. The van der Waals surface area contributed by atoms with Crippen molar-refractivity contribution < 1.29 is 0 Å². The largest absolute Gasteiger partial charge is 0.356 e. The first-order chi connectivity index (χ1) is 7.09. The normalized spacial score (nSPS) is 17.6. The van der Waals surface area contributed by atoms with Gasteiger partial charge in [0.25, 0.3) is 0 Å². The number of halogens is 1. The van der Waals surface area contributed by atoms with Crippen molar-refractivity contribution in [2.45, 2.75) is 32.7 Å². The Morgan fingerprint density at radius 2 is 2.20 bits per heavy atom. The molecule has 1 unspecified atom stereocenters. The van der Waals surface area contributed by atoms with E-state index in [0.717, 1.165) is 16.2 Å². The first-order valence-electron chi connectivity index (χ1n) is 5.44. The molecular weight excluding hydrogens is 252 g/mol. The summed E-state index contributed by atoms with van der Waals surface area (Å²) in [6.45, 7) is 4.41. The molecule has 15 heavy (non-hydrogen) atoms. The zero-order valence-corrected chi connectivity index (χ0v) is 11.1. The molecule has 1 aliphatic rings. The van der Waals surface area contributed by atoms with Crippen LogP contribution in [0.15, 0.2) is 16.7 Å². The van der Waals surface area contributed by atoms with Crippen molar-refractivity contribution in [2.24, 2.45) is 5.92 Å². The van der Waals surface area contributed by atoms with Gasteiger partial charge in [0, 0.05) is 23.8 Å². The highest BCUT2D eigenvalue weighted by molar-refractivity contribution is 9.10. The summed E-state index contributed by atoms with van der Waals surface area (Å²) in [5.74, 6) is 1.98. The van der Waals surface area contributed by atoms with Gasteiger partial charge in [-0.05, 0) is 60.2 Å². The average molecular weight is 269 g/mol. The van der Waals surface area contributed by atoms with Gasteiger partial charge < -0.3 is 4.90 Å². The highest BCUT2D eigenvalue weighted by Crippen LogP contribution is 2.36. The Morgan fingerprint density at radius 3 is 2.73 bits per heavy atom. The second-order valence-electron chi connectivity index (χ2n) is 4.48. The fourth-order valence-corrected chi connectivity index (χ4v) is 2.44. The molecule has 1 heterocycles. The highest BCUT2D eigenvalue weighted by Gasteiger charge is 2.31. The van der Waals surface area contributed by atoms with Crippen molar-refractivity contribution in [3.05, 3.63) is 22.3 Å². The van der Waals surface area contributed by atoms with Gasteiger partial charge in [-0.15, -0.1) is 0 Å². The Hall–Kier alpha value is -0.570. The second-order valence-corrected chi connectivity index (χ2v) is 5.40. The molecule has 0 saturated heterocycles. The van der Waals surface area contributed by atoms with Crippen LogP contribution in [0.4, 0.5) is 5.82 Å². The minimum atomic E-state index is 0.609. The number of nitrogens with zero attached hydrogens (tertiary/aromatic N) is 2. The third-order valence-corrected chi connectivity index (χ3v) is 3.70. The minimum Gasteiger partial charge on any atom is -0.356 e. The van der Waals surface area contributed by atoms with Crippen LogP contribution in [-0.2, 0) is 0 Å². The maximum absolute atomic E-state index is 4.49. The van der Waals surface area contributed by atoms with Gasteiger partial charge in [-0.3, -0.25) is 0 Å². The SMILES string of the molecule is Cc1cc(Br)cnc1N(C)C(C)C1CC1. The summed E-state index contributed by atoms with van der Waals surface area (Å²) >= 11 is 3.44. The Bertz CT molecular complexity index is 361. The van der Waals surface area contributed by atoms with Gasteiger partial charge in [0.2, 0.25) is 0 Å². The molecule has 1 atom stereocenters. The maximum Gasteiger partial charge on any atom is 0.131 e. The molecule has 3 heteroatoms. The van der Waals surface area contributed by atoms with E-state index in [9.17, 15) is 0 Å². The molecular formula is C12H17BrN2. The van der Waals surface area contributed by atoms with Crippen LogP contribution >= 0.6 is 15.9 Å². The molecule has 2 nitrogen and oxygen atoms in total. The van der Waals surface area contributed by atoms with E-state index < -0.39 is 0 Å². The van der Waals surface area contributed by atoms with Crippen molar-refractivity contribution in [3.63, 3.8) is 0 Å². The van der Waals surface area contributed by atoms with Crippen LogP contribution in [0.5, 0.6) is 0 Å². The summed E-state index contributed by atoms with van der Waals surface area (Å²) < 4.78 is 1.05. The van der Waals surface area contributed by atoms with Crippen LogP contribution in [0, 0.1) is 12.8 Å². The van der Waals surface area contributed by atoms with E-state index in [-0.39, 0.29) is 0 Å². The molecule has 1 aromatic heterocycles. The van der Waals surface area contributed by atoms with E-state index in [4.69, 9.17) is 0 Å². The summed E-state index contributed by atoms with van der Waals surface area (Å²) in [6, 6.07) is 2.73. The number of anilines is 1. The van der Waals surface area contributed by atoms with Crippen molar-refractivity contribution in [3.8, 4) is 0 Å². The molecule has 0 aliphatic heterocycles. The summed E-state index contributed by atoms with van der Waals surface area (Å²) in [7, 11) is 2.15. The molecule has 1 saturated carbocycles. The summed E-state index contributed by atoms with van der Waals surface area (Å²) in [6.07, 6.45) is 4.63. The van der Waals surface area contributed by atoms with Crippen LogP contribution in [0.2, 0.25) is 0 Å². The molecule has 82 valence electrons. The lowest BCUT2D eigenvalue weighted by molar-refractivity contribution is 0.602. The Kier molecular flexibility index (Phi) is 3.01. The number of aromatic nitrogens is 1. The molecule has 0 aromatic carbocycles. The lowest BCUT2D eigenvalue weighted by Crippen LogP contribution is -2.31. The van der Waals surface area contributed by atoms with Crippen molar-refractivity contribution >= 4 is 21.7 Å². The smallest absolute Gasteiger partial charge is 0.131 e. The first-order valence-corrected chi connectivity index (χ1v) is 6.24. The van der Waals surface area contributed by atoms with Crippen LogP contribution in [0.25, 0.3) is 0 Å². The van der Waals surface area contributed by atoms with Crippen LogP contribution in [0.3, 0.4) is 0 Å². The molecule has 0 amide bonds. The lowest BCUT2D eigenvalue weighted by Gasteiger charge is -2.27. The van der Waals surface area contributed by atoms with Crippen LogP contribution < -0.4 is 4.90 Å². The van der Waals surface area contributed by atoms with Crippen molar-refractivity contribution in [2.75, 3.05) is 11.9 Å². The zero-order valence-electron chi connectivity index (χ0n) is 9.50. The number of rotatable bonds is 3. The minimum absolute atomic E-state index is 0.609. The van der Waals surface area contributed by atoms with Crippen molar-refractivity contribution in [1.82, 2.24) is 4.98 Å². The number of hydrogen-bond donors (Lipinski definition) is 0. The summed E-state index contributed by atoms with van der Waals surface area (Å²) in [5.41, 5.74) is 1.24. The quantitative estimate of drug-likeness (QED) is 0.836. The average Bonchev–Trinajstić information content (AvgIpc) is 2.99. The van der Waals surface area contributed by atoms with E-state index in [1.54, 1.807) is 0 Å². The van der Waals surface area contributed by atoms with E-state index in [2.05, 4.69) is 52.8 Å². The van der Waals surface area contributed by atoms with Gasteiger partial charge in [0.05, 0.1) is 0 Å². The summed E-state index contributed by atoms with van der Waals surface area (Å²) in [4.78, 5) is 6.79. The van der Waals surface area contributed by atoms with Crippen LogP contribution in [0.1, 0.15) is 25.3 Å². The first kappa shape index (κ1) is 10.9. The number of aryl methyl sites for hydroxylation is 1. The van der Waals surface area contributed by atoms with Crippen LogP contribution in [-0.4, -0.2) is 18.1 Å². The van der Waals surface area contributed by atoms with E-state index >= 15 is 0 Å². The van der Waals surface area contributed by atoms with Crippen molar-refractivity contribution in [1.29, 1.82) is 0 Å². The van der Waals surface area contributed by atoms with Gasteiger partial charge in [0.1, 0.15) is 5.82 Å². The van der Waals surface area contributed by atoms with E-state index in [1.807, 2.05) is 6.20 Å². The molecule has 1 aromatic rings. The van der Waals surface area contributed by atoms with Gasteiger partial charge in [-0.1, -0.05) is 0 Å². The maximum atomic E-state index is 4.49. The standard InChI is InChI=1S/C12H17BrN2/c1-8-6-11(13)7-14-12(8)15(3)9(2)10-4-5-10/h6-7,9-10H,4-5H2,1-3H3. The third-order valence-electron chi connectivity index (χ3n) is 3.27. The topological polar surface area (TPSA) is 16.1 Å². The fourth-order valence-electron chi connectivity index (χ4n) is 1.99. The van der Waals surface area contributed by atoms with Gasteiger partial charge in [-0.25, -0.2) is 4.98 Å². The number of hydrogen-bond acceptors (Lipinski definition) is 2. The third kappa shape index (κ3) is 2.33. The number of pyridine rings is 1. The van der Waals surface area contributed by atoms with Gasteiger partial charge >= 0.3 is 0 Å². The zero-order chi connectivity index (χ0) is 11.0. The predicted molar refractivity (Wildman–Crippen MR) is 67.3 cm³/mol. The van der Waals surface area contributed by atoms with Gasteiger partial charge in [-0.2, -0.15) is 0 Å². The molecule has 2 rings (SSSR count). The summed E-state index contributed by atoms with van der Waals surface area (Å²) in [5, 5.41) is 0. The Labute approximate surface area is 99.8 Å². The second kappa shape index (κ2) is 4.12.